The highest BCUT2D eigenvalue weighted by Crippen LogP contribution is 2.27. The first-order valence-corrected chi connectivity index (χ1v) is 5.32. The summed E-state index contributed by atoms with van der Waals surface area (Å²) >= 11 is 0. The van der Waals surface area contributed by atoms with Crippen molar-refractivity contribution >= 4 is 0 Å². The maximum atomic E-state index is 13.7. The molecule has 3 nitrogen and oxygen atoms in total. The number of hydrogen-bond donors (Lipinski definition) is 1. The zero-order valence-corrected chi connectivity index (χ0v) is 9.97. The smallest absolute Gasteiger partial charge is 0.303 e. The van der Waals surface area contributed by atoms with Gasteiger partial charge in [-0.1, -0.05) is 17.7 Å². The molecule has 0 saturated heterocycles. The van der Waals surface area contributed by atoms with Gasteiger partial charge in [0, 0.05) is 5.56 Å². The molecule has 88 valence electrons. The van der Waals surface area contributed by atoms with Crippen molar-refractivity contribution in [2.45, 2.75) is 20.8 Å². The van der Waals surface area contributed by atoms with Crippen molar-refractivity contribution in [3.8, 4) is 11.3 Å². The fraction of sp³-hybridized carbons (Fsp3) is 0.231. The van der Waals surface area contributed by atoms with Crippen LogP contribution in [0.5, 0.6) is 0 Å². The first kappa shape index (κ1) is 11.5. The zero-order chi connectivity index (χ0) is 12.6. The molecule has 0 unspecified atom stereocenters. The van der Waals surface area contributed by atoms with Crippen LogP contribution in [0.15, 0.2) is 23.1 Å². The maximum absolute atomic E-state index is 13.7. The Balaban J connectivity index is 2.77. The molecular weight excluding hydrogens is 219 g/mol. The van der Waals surface area contributed by atoms with Crippen LogP contribution in [0.1, 0.15) is 16.7 Å². The zero-order valence-electron chi connectivity index (χ0n) is 9.97. The van der Waals surface area contributed by atoms with E-state index in [0.717, 1.165) is 28.5 Å². The first-order valence-electron chi connectivity index (χ1n) is 5.32. The Bertz CT molecular complexity index is 609. The summed E-state index contributed by atoms with van der Waals surface area (Å²) in [6.07, 6.45) is 0.951. The molecule has 1 aromatic carbocycles. The number of aryl methyl sites for hydroxylation is 3. The molecule has 0 saturated carbocycles. The Hall–Kier alpha value is -1.97. The second-order valence-electron chi connectivity index (χ2n) is 4.19. The number of nitrogens with one attached hydrogen (secondary N) is 1. The summed E-state index contributed by atoms with van der Waals surface area (Å²) in [5.41, 5.74) is 3.38. The number of H-pyrrole nitrogens is 1. The van der Waals surface area contributed by atoms with E-state index in [4.69, 9.17) is 0 Å². The summed E-state index contributed by atoms with van der Waals surface area (Å²) in [4.78, 5) is 17.0. The Morgan fingerprint density at radius 1 is 1.18 bits per heavy atom. The lowest BCUT2D eigenvalue weighted by Crippen LogP contribution is -2.12. The van der Waals surface area contributed by atoms with E-state index in [-0.39, 0.29) is 5.69 Å². The van der Waals surface area contributed by atoms with Crippen LogP contribution in [0.25, 0.3) is 11.3 Å². The van der Waals surface area contributed by atoms with E-state index >= 15 is 0 Å². The molecule has 4 heteroatoms. The summed E-state index contributed by atoms with van der Waals surface area (Å²) in [6.45, 7) is 5.77. The number of aromatic nitrogens is 2. The molecule has 0 aliphatic heterocycles. The highest BCUT2D eigenvalue weighted by Gasteiger charge is 2.12. The van der Waals surface area contributed by atoms with Gasteiger partial charge in [-0.05, 0) is 31.9 Å². The molecule has 0 spiro atoms. The van der Waals surface area contributed by atoms with Crippen molar-refractivity contribution in [1.29, 1.82) is 0 Å². The molecule has 0 aliphatic carbocycles. The van der Waals surface area contributed by atoms with E-state index in [1.165, 1.54) is 0 Å². The summed E-state index contributed by atoms with van der Waals surface area (Å²) in [5.74, 6) is -0.514. The molecule has 2 aromatic rings. The van der Waals surface area contributed by atoms with Gasteiger partial charge >= 0.3 is 5.69 Å². The van der Waals surface area contributed by atoms with Gasteiger partial charge in [-0.25, -0.2) is 9.18 Å². The van der Waals surface area contributed by atoms with E-state index in [1.54, 1.807) is 0 Å². The van der Waals surface area contributed by atoms with Crippen molar-refractivity contribution in [2.24, 2.45) is 0 Å². The summed E-state index contributed by atoms with van der Waals surface area (Å²) in [6, 6.07) is 3.92. The molecule has 1 heterocycles. The quantitative estimate of drug-likeness (QED) is 0.821. The van der Waals surface area contributed by atoms with Crippen molar-refractivity contribution in [3.05, 3.63) is 51.3 Å². The largest absolute Gasteiger partial charge is 0.345 e. The molecule has 1 N–H and O–H groups in total. The average molecular weight is 232 g/mol. The monoisotopic (exact) mass is 232 g/mol. The van der Waals surface area contributed by atoms with Crippen molar-refractivity contribution in [1.82, 2.24) is 9.97 Å². The average Bonchev–Trinajstić information content (AvgIpc) is 2.21. The standard InChI is InChI=1S/C13H13FN2O/c1-7-4-8(2)11(9(3)5-7)12-10(14)6-15-13(17)16-12/h4-6H,1-3H3,(H,15,16,17). The van der Waals surface area contributed by atoms with Crippen molar-refractivity contribution in [2.75, 3.05) is 0 Å². The number of nitrogens with zero attached hydrogens (tertiary/aromatic N) is 1. The molecule has 0 bridgehead atoms. The van der Waals surface area contributed by atoms with Gasteiger partial charge in [-0.3, -0.25) is 0 Å². The topological polar surface area (TPSA) is 45.8 Å². The molecular formula is C13H13FN2O. The fourth-order valence-corrected chi connectivity index (χ4v) is 2.14. The van der Waals surface area contributed by atoms with Crippen LogP contribution in [-0.4, -0.2) is 9.97 Å². The van der Waals surface area contributed by atoms with Crippen LogP contribution in [-0.2, 0) is 0 Å². The second kappa shape index (κ2) is 4.13. The van der Waals surface area contributed by atoms with Gasteiger partial charge in [-0.2, -0.15) is 4.98 Å². The van der Waals surface area contributed by atoms with Gasteiger partial charge in [-0.15, -0.1) is 0 Å². The summed E-state index contributed by atoms with van der Waals surface area (Å²) in [7, 11) is 0. The number of rotatable bonds is 1. The normalized spacial score (nSPS) is 10.6. The van der Waals surface area contributed by atoms with Crippen LogP contribution < -0.4 is 5.69 Å². The van der Waals surface area contributed by atoms with Gasteiger partial charge in [0.15, 0.2) is 5.82 Å². The number of hydrogen-bond acceptors (Lipinski definition) is 2. The van der Waals surface area contributed by atoms with E-state index in [0.29, 0.717) is 0 Å². The molecule has 1 aromatic heterocycles. The van der Waals surface area contributed by atoms with Crippen molar-refractivity contribution < 1.29 is 4.39 Å². The van der Waals surface area contributed by atoms with E-state index < -0.39 is 11.5 Å². The number of benzene rings is 1. The van der Waals surface area contributed by atoms with Crippen LogP contribution in [0.2, 0.25) is 0 Å². The third kappa shape index (κ3) is 2.11. The predicted octanol–water partition coefficient (Wildman–Crippen LogP) is 2.50. The van der Waals surface area contributed by atoms with E-state index in [1.807, 2.05) is 32.9 Å². The Morgan fingerprint density at radius 3 is 2.35 bits per heavy atom. The molecule has 0 fully saturated rings. The van der Waals surface area contributed by atoms with E-state index in [9.17, 15) is 9.18 Å². The number of halogens is 1. The van der Waals surface area contributed by atoms with Gasteiger partial charge < -0.3 is 4.98 Å². The highest BCUT2D eigenvalue weighted by atomic mass is 19.1. The molecule has 0 atom stereocenters. The Labute approximate surface area is 98.3 Å². The van der Waals surface area contributed by atoms with Crippen LogP contribution in [0.4, 0.5) is 4.39 Å². The Kier molecular flexibility index (Phi) is 2.79. The Morgan fingerprint density at radius 2 is 1.76 bits per heavy atom. The van der Waals surface area contributed by atoms with Gasteiger partial charge in [0.1, 0.15) is 0 Å². The third-order valence-corrected chi connectivity index (χ3v) is 2.69. The van der Waals surface area contributed by atoms with Crippen molar-refractivity contribution in [3.63, 3.8) is 0 Å². The fourth-order valence-electron chi connectivity index (χ4n) is 2.14. The minimum atomic E-state index is -0.541. The van der Waals surface area contributed by atoms with Gasteiger partial charge in [0.25, 0.3) is 0 Å². The molecule has 0 aliphatic rings. The molecule has 2 rings (SSSR count). The minimum absolute atomic E-state index is 0.208. The van der Waals surface area contributed by atoms with Crippen LogP contribution >= 0.6 is 0 Å². The molecule has 17 heavy (non-hydrogen) atoms. The van der Waals surface area contributed by atoms with Gasteiger partial charge in [0.2, 0.25) is 0 Å². The predicted molar refractivity (Wildman–Crippen MR) is 64.5 cm³/mol. The second-order valence-corrected chi connectivity index (χ2v) is 4.19. The molecule has 0 radical (unpaired) electrons. The van der Waals surface area contributed by atoms with Gasteiger partial charge in [0.05, 0.1) is 11.9 Å². The first-order chi connectivity index (χ1) is 7.99. The van der Waals surface area contributed by atoms with Crippen LogP contribution in [0.3, 0.4) is 0 Å². The summed E-state index contributed by atoms with van der Waals surface area (Å²) in [5, 5.41) is 0. The van der Waals surface area contributed by atoms with E-state index in [2.05, 4.69) is 9.97 Å². The lowest BCUT2D eigenvalue weighted by Gasteiger charge is -2.11. The number of aromatic amines is 1. The lowest BCUT2D eigenvalue weighted by molar-refractivity contribution is 0.615. The van der Waals surface area contributed by atoms with Crippen LogP contribution in [0, 0.1) is 26.6 Å². The molecule has 0 amide bonds. The minimum Gasteiger partial charge on any atom is -0.303 e. The lowest BCUT2D eigenvalue weighted by atomic mass is 9.97. The summed E-state index contributed by atoms with van der Waals surface area (Å²) < 4.78 is 13.7. The SMILES string of the molecule is Cc1cc(C)c(-c2[nH]c(=O)ncc2F)c(C)c1. The highest BCUT2D eigenvalue weighted by molar-refractivity contribution is 5.68. The third-order valence-electron chi connectivity index (χ3n) is 2.69. The maximum Gasteiger partial charge on any atom is 0.345 e.